The molecule has 3 nitrogen and oxygen atoms in total. The lowest BCUT2D eigenvalue weighted by molar-refractivity contribution is -0.122. The van der Waals surface area contributed by atoms with Crippen molar-refractivity contribution in [2.45, 2.75) is 20.0 Å². The van der Waals surface area contributed by atoms with Gasteiger partial charge in [0, 0.05) is 0 Å². The van der Waals surface area contributed by atoms with Gasteiger partial charge >= 0.3 is 0 Å². The molecule has 0 aliphatic heterocycles. The Morgan fingerprint density at radius 2 is 1.86 bits per heavy atom. The van der Waals surface area contributed by atoms with Crippen molar-refractivity contribution in [2.75, 3.05) is 7.11 Å². The predicted octanol–water partition coefficient (Wildman–Crippen LogP) is 2.05. The minimum absolute atomic E-state index is 0.00379. The summed E-state index contributed by atoms with van der Waals surface area (Å²) >= 11 is 0. The highest BCUT2D eigenvalue weighted by molar-refractivity contribution is 5.80. The molecule has 1 unspecified atom stereocenters. The normalized spacial score (nSPS) is 11.9. The summed E-state index contributed by atoms with van der Waals surface area (Å²) in [7, 11) is 1.57. The van der Waals surface area contributed by atoms with Gasteiger partial charge in [-0.3, -0.25) is 4.79 Å². The Kier molecular flexibility index (Phi) is 3.51. The standard InChI is InChI=1S/C11H14O3/c1-8(12)9(2)14-11-7-5-4-6-10(11)13-3/h4-7,9H,1-3H3. The zero-order valence-electron chi connectivity index (χ0n) is 8.61. The van der Waals surface area contributed by atoms with Crippen molar-refractivity contribution in [3.8, 4) is 11.5 Å². The SMILES string of the molecule is COc1ccccc1OC(C)C(C)=O. The minimum atomic E-state index is -0.439. The Labute approximate surface area is 83.6 Å². The molecule has 0 aliphatic rings. The highest BCUT2D eigenvalue weighted by atomic mass is 16.5. The van der Waals surface area contributed by atoms with Gasteiger partial charge < -0.3 is 9.47 Å². The maximum absolute atomic E-state index is 11.0. The van der Waals surface area contributed by atoms with Gasteiger partial charge in [0.05, 0.1) is 7.11 Å². The fourth-order valence-corrected chi connectivity index (χ4v) is 0.990. The smallest absolute Gasteiger partial charge is 0.169 e. The third-order valence-corrected chi connectivity index (χ3v) is 1.95. The van der Waals surface area contributed by atoms with Crippen LogP contribution >= 0.6 is 0 Å². The molecule has 14 heavy (non-hydrogen) atoms. The van der Waals surface area contributed by atoms with Crippen LogP contribution in [0.5, 0.6) is 11.5 Å². The molecule has 1 aromatic rings. The van der Waals surface area contributed by atoms with E-state index in [1.165, 1.54) is 6.92 Å². The summed E-state index contributed by atoms with van der Waals surface area (Å²) in [5.41, 5.74) is 0. The highest BCUT2D eigenvalue weighted by Crippen LogP contribution is 2.26. The van der Waals surface area contributed by atoms with Gasteiger partial charge in [-0.15, -0.1) is 0 Å². The van der Waals surface area contributed by atoms with Crippen molar-refractivity contribution < 1.29 is 14.3 Å². The molecule has 76 valence electrons. The summed E-state index contributed by atoms with van der Waals surface area (Å²) in [5.74, 6) is 1.23. The number of Topliss-reactive ketones (excluding diaryl/α,β-unsaturated/α-hetero) is 1. The van der Waals surface area contributed by atoms with Gasteiger partial charge in [0.1, 0.15) is 0 Å². The predicted molar refractivity (Wildman–Crippen MR) is 53.8 cm³/mol. The third kappa shape index (κ3) is 2.49. The highest BCUT2D eigenvalue weighted by Gasteiger charge is 2.11. The molecule has 0 fully saturated rings. The van der Waals surface area contributed by atoms with E-state index in [4.69, 9.17) is 9.47 Å². The number of benzene rings is 1. The van der Waals surface area contributed by atoms with Crippen LogP contribution in [0, 0.1) is 0 Å². The van der Waals surface area contributed by atoms with E-state index in [0.717, 1.165) is 0 Å². The monoisotopic (exact) mass is 194 g/mol. The van der Waals surface area contributed by atoms with Crippen LogP contribution in [0.25, 0.3) is 0 Å². The molecule has 1 rings (SSSR count). The number of hydrogen-bond acceptors (Lipinski definition) is 3. The molecule has 1 aromatic carbocycles. The fourth-order valence-electron chi connectivity index (χ4n) is 0.990. The van der Waals surface area contributed by atoms with Crippen LogP contribution in [-0.2, 0) is 4.79 Å². The van der Waals surface area contributed by atoms with Crippen LogP contribution < -0.4 is 9.47 Å². The van der Waals surface area contributed by atoms with Gasteiger partial charge in [-0.05, 0) is 26.0 Å². The zero-order chi connectivity index (χ0) is 10.6. The van der Waals surface area contributed by atoms with E-state index in [-0.39, 0.29) is 5.78 Å². The number of ketones is 1. The first-order chi connectivity index (χ1) is 6.65. The Morgan fingerprint density at radius 1 is 1.29 bits per heavy atom. The van der Waals surface area contributed by atoms with Crippen LogP contribution in [0.4, 0.5) is 0 Å². The number of hydrogen-bond donors (Lipinski definition) is 0. The molecule has 1 atom stereocenters. The van der Waals surface area contributed by atoms with Crippen LogP contribution in [0.3, 0.4) is 0 Å². The topological polar surface area (TPSA) is 35.5 Å². The van der Waals surface area contributed by atoms with Gasteiger partial charge in [0.15, 0.2) is 23.4 Å². The second-order valence-electron chi connectivity index (χ2n) is 3.02. The molecule has 0 N–H and O–H groups in total. The summed E-state index contributed by atoms with van der Waals surface area (Å²) in [5, 5.41) is 0. The summed E-state index contributed by atoms with van der Waals surface area (Å²) in [4.78, 5) is 11.0. The molecule has 0 amide bonds. The first-order valence-corrected chi connectivity index (χ1v) is 4.45. The second kappa shape index (κ2) is 4.65. The van der Waals surface area contributed by atoms with Crippen molar-refractivity contribution in [1.29, 1.82) is 0 Å². The van der Waals surface area contributed by atoms with Crippen LogP contribution in [-0.4, -0.2) is 19.0 Å². The summed E-state index contributed by atoms with van der Waals surface area (Å²) in [6.45, 7) is 3.22. The van der Waals surface area contributed by atoms with Crippen molar-refractivity contribution >= 4 is 5.78 Å². The van der Waals surface area contributed by atoms with Gasteiger partial charge in [-0.1, -0.05) is 12.1 Å². The van der Waals surface area contributed by atoms with Gasteiger partial charge in [0.2, 0.25) is 0 Å². The van der Waals surface area contributed by atoms with E-state index in [9.17, 15) is 4.79 Å². The minimum Gasteiger partial charge on any atom is -0.493 e. The van der Waals surface area contributed by atoms with E-state index in [0.29, 0.717) is 11.5 Å². The number of carbonyl (C=O) groups excluding carboxylic acids is 1. The number of ether oxygens (including phenoxy) is 2. The van der Waals surface area contributed by atoms with Crippen molar-refractivity contribution in [1.82, 2.24) is 0 Å². The Hall–Kier alpha value is -1.51. The van der Waals surface area contributed by atoms with E-state index in [2.05, 4.69) is 0 Å². The fraction of sp³-hybridized carbons (Fsp3) is 0.364. The van der Waals surface area contributed by atoms with E-state index < -0.39 is 6.10 Å². The van der Waals surface area contributed by atoms with Crippen LogP contribution in [0.2, 0.25) is 0 Å². The quantitative estimate of drug-likeness (QED) is 0.735. The lowest BCUT2D eigenvalue weighted by Crippen LogP contribution is -2.20. The Balaban J connectivity index is 2.80. The molecule has 0 heterocycles. The van der Waals surface area contributed by atoms with Gasteiger partial charge in [0.25, 0.3) is 0 Å². The maximum atomic E-state index is 11.0. The summed E-state index contributed by atoms with van der Waals surface area (Å²) < 4.78 is 10.5. The molecule has 0 aromatic heterocycles. The molecule has 0 spiro atoms. The molecule has 0 saturated heterocycles. The van der Waals surface area contributed by atoms with Gasteiger partial charge in [-0.2, -0.15) is 0 Å². The van der Waals surface area contributed by atoms with Crippen LogP contribution in [0.15, 0.2) is 24.3 Å². The Bertz CT molecular complexity index is 320. The summed E-state index contributed by atoms with van der Waals surface area (Å²) in [6.07, 6.45) is -0.439. The molecule has 0 aliphatic carbocycles. The molecule has 0 radical (unpaired) electrons. The first kappa shape index (κ1) is 10.6. The molecular formula is C11H14O3. The van der Waals surface area contributed by atoms with Crippen molar-refractivity contribution in [3.05, 3.63) is 24.3 Å². The van der Waals surface area contributed by atoms with Crippen LogP contribution in [0.1, 0.15) is 13.8 Å². The number of methoxy groups -OCH3 is 1. The first-order valence-electron chi connectivity index (χ1n) is 4.45. The molecule has 0 bridgehead atoms. The van der Waals surface area contributed by atoms with E-state index in [1.54, 1.807) is 26.2 Å². The lowest BCUT2D eigenvalue weighted by atomic mass is 10.2. The number of carbonyl (C=O) groups is 1. The Morgan fingerprint density at radius 3 is 2.36 bits per heavy atom. The van der Waals surface area contributed by atoms with Crippen molar-refractivity contribution in [2.24, 2.45) is 0 Å². The number of para-hydroxylation sites is 2. The lowest BCUT2D eigenvalue weighted by Gasteiger charge is -2.13. The molecule has 0 saturated carbocycles. The third-order valence-electron chi connectivity index (χ3n) is 1.95. The second-order valence-corrected chi connectivity index (χ2v) is 3.02. The average molecular weight is 194 g/mol. The number of rotatable bonds is 4. The molecular weight excluding hydrogens is 180 g/mol. The summed E-state index contributed by atoms with van der Waals surface area (Å²) in [6, 6.07) is 7.26. The van der Waals surface area contributed by atoms with Gasteiger partial charge in [-0.25, -0.2) is 0 Å². The van der Waals surface area contributed by atoms with Crippen molar-refractivity contribution in [3.63, 3.8) is 0 Å². The largest absolute Gasteiger partial charge is 0.493 e. The average Bonchev–Trinajstić information content (AvgIpc) is 2.18. The maximum Gasteiger partial charge on any atom is 0.169 e. The van der Waals surface area contributed by atoms with E-state index in [1.807, 2.05) is 12.1 Å². The molecule has 3 heteroatoms. The zero-order valence-corrected chi connectivity index (χ0v) is 8.61. The van der Waals surface area contributed by atoms with E-state index >= 15 is 0 Å².